The Kier molecular flexibility index (Phi) is 4.90. The van der Waals surface area contributed by atoms with Gasteiger partial charge in [-0.1, -0.05) is 25.1 Å². The van der Waals surface area contributed by atoms with Crippen LogP contribution in [0.25, 0.3) is 0 Å². The molecule has 1 unspecified atom stereocenters. The molecule has 1 amide bonds. The number of allylic oxidation sites excluding steroid dienone is 1. The molecule has 108 valence electrons. The predicted molar refractivity (Wildman–Crippen MR) is 64.8 cm³/mol. The Labute approximate surface area is 112 Å². The van der Waals surface area contributed by atoms with Gasteiger partial charge >= 0.3 is 12.1 Å². The first-order chi connectivity index (χ1) is 9.21. The molecule has 7 heteroatoms. The summed E-state index contributed by atoms with van der Waals surface area (Å²) >= 11 is 0. The van der Waals surface area contributed by atoms with Gasteiger partial charge < -0.3 is 10.4 Å². The highest BCUT2D eigenvalue weighted by Crippen LogP contribution is 2.27. The lowest BCUT2D eigenvalue weighted by atomic mass is 10.1. The minimum Gasteiger partial charge on any atom is -0.477 e. The van der Waals surface area contributed by atoms with Crippen molar-refractivity contribution >= 4 is 11.9 Å². The topological polar surface area (TPSA) is 66.4 Å². The maximum absolute atomic E-state index is 12.4. The summed E-state index contributed by atoms with van der Waals surface area (Å²) in [4.78, 5) is 22.6. The van der Waals surface area contributed by atoms with E-state index in [1.165, 1.54) is 12.1 Å². The molecule has 1 aromatic carbocycles. The Morgan fingerprint density at radius 2 is 1.80 bits per heavy atom. The second-order valence-corrected chi connectivity index (χ2v) is 4.04. The molecule has 20 heavy (non-hydrogen) atoms. The number of rotatable bonds is 4. The fourth-order valence-corrected chi connectivity index (χ4v) is 1.29. The van der Waals surface area contributed by atoms with Gasteiger partial charge in [-0.15, -0.1) is 0 Å². The predicted octanol–water partition coefficient (Wildman–Crippen LogP) is 2.58. The smallest absolute Gasteiger partial charge is 0.394 e. The Bertz CT molecular complexity index is 523. The number of aliphatic carboxylic acids is 1. The van der Waals surface area contributed by atoms with E-state index >= 15 is 0 Å². The van der Waals surface area contributed by atoms with E-state index < -0.39 is 29.7 Å². The number of carboxylic acid groups (broad SMARTS) is 1. The number of carbonyl (C=O) groups is 2. The van der Waals surface area contributed by atoms with E-state index in [1.807, 2.05) is 5.32 Å². The second kappa shape index (κ2) is 6.23. The number of hydrogen-bond acceptors (Lipinski definition) is 2. The lowest BCUT2D eigenvalue weighted by molar-refractivity contribution is -0.156. The molecule has 0 saturated heterocycles. The molecular weight excluding hydrogens is 275 g/mol. The standard InChI is InChI=1S/C13H12F3NO3/c1-8(13(14,15)16)7-10(12(19)20)17-11(18)9-5-3-2-4-6-9/h2-8H,1H3,(H,17,18)(H,19,20). The number of carboxylic acids is 1. The number of carbonyl (C=O) groups excluding carboxylic acids is 1. The second-order valence-electron chi connectivity index (χ2n) is 4.04. The van der Waals surface area contributed by atoms with Crippen LogP contribution in [0.4, 0.5) is 13.2 Å². The van der Waals surface area contributed by atoms with Gasteiger partial charge in [-0.2, -0.15) is 13.2 Å². The van der Waals surface area contributed by atoms with Gasteiger partial charge in [0.15, 0.2) is 0 Å². The van der Waals surface area contributed by atoms with E-state index in [2.05, 4.69) is 0 Å². The normalized spacial score (nSPS) is 13.7. The Balaban J connectivity index is 2.92. The van der Waals surface area contributed by atoms with Gasteiger partial charge in [0.2, 0.25) is 0 Å². The summed E-state index contributed by atoms with van der Waals surface area (Å²) in [7, 11) is 0. The summed E-state index contributed by atoms with van der Waals surface area (Å²) in [6.45, 7) is 0.803. The van der Waals surface area contributed by atoms with Gasteiger partial charge in [-0.05, 0) is 18.2 Å². The van der Waals surface area contributed by atoms with Crippen LogP contribution >= 0.6 is 0 Å². The Morgan fingerprint density at radius 3 is 2.25 bits per heavy atom. The molecule has 0 radical (unpaired) electrons. The maximum atomic E-state index is 12.4. The highest BCUT2D eigenvalue weighted by atomic mass is 19.4. The number of benzene rings is 1. The number of alkyl halides is 3. The quantitative estimate of drug-likeness (QED) is 0.836. The summed E-state index contributed by atoms with van der Waals surface area (Å²) in [5.41, 5.74) is -0.650. The summed E-state index contributed by atoms with van der Waals surface area (Å²) in [6.07, 6.45) is -4.11. The average molecular weight is 287 g/mol. The van der Waals surface area contributed by atoms with Crippen LogP contribution in [0.1, 0.15) is 17.3 Å². The van der Waals surface area contributed by atoms with Crippen LogP contribution in [0.3, 0.4) is 0 Å². The van der Waals surface area contributed by atoms with Crippen LogP contribution in [-0.2, 0) is 4.79 Å². The molecule has 0 saturated carbocycles. The van der Waals surface area contributed by atoms with Crippen LogP contribution < -0.4 is 5.32 Å². The highest BCUT2D eigenvalue weighted by molar-refractivity contribution is 6.00. The van der Waals surface area contributed by atoms with Crippen molar-refractivity contribution in [1.82, 2.24) is 5.32 Å². The molecule has 1 rings (SSSR count). The molecule has 0 spiro atoms. The lowest BCUT2D eigenvalue weighted by Crippen LogP contribution is -2.29. The van der Waals surface area contributed by atoms with Crippen molar-refractivity contribution < 1.29 is 27.9 Å². The Hall–Kier alpha value is -2.31. The SMILES string of the molecule is CC(C=C(NC(=O)c1ccccc1)C(=O)O)C(F)(F)F. The first kappa shape index (κ1) is 15.7. The van der Waals surface area contributed by atoms with Gasteiger partial charge in [-0.3, -0.25) is 4.79 Å². The zero-order valence-corrected chi connectivity index (χ0v) is 10.4. The summed E-state index contributed by atoms with van der Waals surface area (Å²) in [6, 6.07) is 7.59. The van der Waals surface area contributed by atoms with E-state index in [4.69, 9.17) is 5.11 Å². The van der Waals surface area contributed by atoms with Gasteiger partial charge in [0.05, 0.1) is 5.92 Å². The fraction of sp³-hybridized carbons (Fsp3) is 0.231. The summed E-state index contributed by atoms with van der Waals surface area (Å²) < 4.78 is 37.1. The van der Waals surface area contributed by atoms with Crippen molar-refractivity contribution in [3.63, 3.8) is 0 Å². The van der Waals surface area contributed by atoms with Gasteiger partial charge in [0.25, 0.3) is 5.91 Å². The van der Waals surface area contributed by atoms with Crippen molar-refractivity contribution in [1.29, 1.82) is 0 Å². The number of hydrogen-bond donors (Lipinski definition) is 2. The number of halogens is 3. The average Bonchev–Trinajstić information content (AvgIpc) is 2.37. The van der Waals surface area contributed by atoms with E-state index in [0.717, 1.165) is 6.92 Å². The van der Waals surface area contributed by atoms with Crippen molar-refractivity contribution in [2.75, 3.05) is 0 Å². The monoisotopic (exact) mass is 287 g/mol. The zero-order valence-electron chi connectivity index (χ0n) is 10.4. The summed E-state index contributed by atoms with van der Waals surface area (Å²) in [5.74, 6) is -4.40. The Morgan fingerprint density at radius 1 is 1.25 bits per heavy atom. The third kappa shape index (κ3) is 4.42. The minimum atomic E-state index is -4.57. The van der Waals surface area contributed by atoms with Gasteiger partial charge in [0.1, 0.15) is 5.70 Å². The zero-order chi connectivity index (χ0) is 15.3. The van der Waals surface area contributed by atoms with Crippen LogP contribution in [-0.4, -0.2) is 23.2 Å². The lowest BCUT2D eigenvalue weighted by Gasteiger charge is -2.13. The third-order valence-electron chi connectivity index (χ3n) is 2.45. The van der Waals surface area contributed by atoms with E-state index in [1.54, 1.807) is 18.2 Å². The maximum Gasteiger partial charge on any atom is 0.394 e. The highest BCUT2D eigenvalue weighted by Gasteiger charge is 2.35. The van der Waals surface area contributed by atoms with Gasteiger partial charge in [0, 0.05) is 5.56 Å². The van der Waals surface area contributed by atoms with E-state index in [-0.39, 0.29) is 5.56 Å². The largest absolute Gasteiger partial charge is 0.477 e. The van der Waals surface area contributed by atoms with Crippen molar-refractivity contribution in [3.05, 3.63) is 47.7 Å². The molecule has 1 aromatic rings. The van der Waals surface area contributed by atoms with Crippen molar-refractivity contribution in [3.8, 4) is 0 Å². The summed E-state index contributed by atoms with van der Waals surface area (Å²) in [5, 5.41) is 10.8. The van der Waals surface area contributed by atoms with Crippen LogP contribution in [0.15, 0.2) is 42.1 Å². The molecule has 1 atom stereocenters. The van der Waals surface area contributed by atoms with Crippen LogP contribution in [0, 0.1) is 5.92 Å². The molecule has 0 heterocycles. The molecule has 2 N–H and O–H groups in total. The number of nitrogens with one attached hydrogen (secondary N) is 1. The molecule has 0 aliphatic carbocycles. The number of amides is 1. The molecule has 0 aromatic heterocycles. The van der Waals surface area contributed by atoms with E-state index in [9.17, 15) is 22.8 Å². The molecule has 0 aliphatic rings. The van der Waals surface area contributed by atoms with Crippen LogP contribution in [0.2, 0.25) is 0 Å². The fourth-order valence-electron chi connectivity index (χ4n) is 1.29. The molecule has 0 aliphatic heterocycles. The van der Waals surface area contributed by atoms with Crippen molar-refractivity contribution in [2.24, 2.45) is 5.92 Å². The van der Waals surface area contributed by atoms with Crippen molar-refractivity contribution in [2.45, 2.75) is 13.1 Å². The first-order valence-electron chi connectivity index (χ1n) is 5.60. The molecule has 0 bridgehead atoms. The first-order valence-corrected chi connectivity index (χ1v) is 5.60. The van der Waals surface area contributed by atoms with Crippen LogP contribution in [0.5, 0.6) is 0 Å². The van der Waals surface area contributed by atoms with Gasteiger partial charge in [-0.25, -0.2) is 4.79 Å². The minimum absolute atomic E-state index is 0.152. The molecular formula is C13H12F3NO3. The third-order valence-corrected chi connectivity index (χ3v) is 2.45. The molecule has 4 nitrogen and oxygen atoms in total. The molecule has 0 fully saturated rings. The van der Waals surface area contributed by atoms with E-state index in [0.29, 0.717) is 6.08 Å².